The highest BCUT2D eigenvalue weighted by atomic mass is 19.3. The Morgan fingerprint density at radius 2 is 1.94 bits per heavy atom. The first kappa shape index (κ1) is 25.7. The summed E-state index contributed by atoms with van der Waals surface area (Å²) in [5.74, 6) is -0.879. The van der Waals surface area contributed by atoms with E-state index in [0.717, 1.165) is 0 Å². The van der Waals surface area contributed by atoms with Gasteiger partial charge in [0, 0.05) is 35.5 Å². The van der Waals surface area contributed by atoms with Crippen LogP contribution >= 0.6 is 0 Å². The van der Waals surface area contributed by atoms with E-state index in [4.69, 9.17) is 10.5 Å². The van der Waals surface area contributed by atoms with Crippen molar-refractivity contribution >= 4 is 17.7 Å². The molecular formula is C23H29F2N5O3. The molecule has 0 fully saturated rings. The molecule has 0 saturated heterocycles. The first-order valence-electron chi connectivity index (χ1n) is 10.3. The fraction of sp³-hybridized carbons (Fsp3) is 0.391. The molecule has 178 valence electrons. The highest BCUT2D eigenvalue weighted by molar-refractivity contribution is 6.00. The second kappa shape index (κ2) is 10.4. The zero-order valence-corrected chi connectivity index (χ0v) is 19.2. The molecule has 1 unspecified atom stereocenters. The molecular weight excluding hydrogens is 432 g/mol. The number of rotatable bonds is 9. The molecule has 2 amide bonds. The third kappa shape index (κ3) is 5.82. The lowest BCUT2D eigenvalue weighted by atomic mass is 9.99. The Morgan fingerprint density at radius 1 is 1.27 bits per heavy atom. The first-order chi connectivity index (χ1) is 15.4. The highest BCUT2D eigenvalue weighted by Crippen LogP contribution is 2.38. The van der Waals surface area contributed by atoms with Gasteiger partial charge in [0.15, 0.2) is 0 Å². The summed E-state index contributed by atoms with van der Waals surface area (Å²) >= 11 is 0. The van der Waals surface area contributed by atoms with Crippen LogP contribution in [0, 0.1) is 5.92 Å². The van der Waals surface area contributed by atoms with Crippen molar-refractivity contribution in [2.24, 2.45) is 11.7 Å². The molecule has 10 heteroatoms. The van der Waals surface area contributed by atoms with Crippen LogP contribution in [0.5, 0.6) is 0 Å². The molecule has 2 rings (SSSR count). The van der Waals surface area contributed by atoms with Crippen molar-refractivity contribution in [3.05, 3.63) is 55.5 Å². The van der Waals surface area contributed by atoms with Crippen LogP contribution in [0.1, 0.15) is 52.3 Å². The van der Waals surface area contributed by atoms with Crippen molar-refractivity contribution in [3.63, 3.8) is 0 Å². The molecule has 2 aromatic heterocycles. The molecule has 8 nitrogen and oxygen atoms in total. The summed E-state index contributed by atoms with van der Waals surface area (Å²) in [4.78, 5) is 30.1. The van der Waals surface area contributed by atoms with Crippen LogP contribution in [-0.2, 0) is 9.53 Å². The first-order valence-corrected chi connectivity index (χ1v) is 10.3. The molecule has 2 atom stereocenters. The number of halogens is 2. The maximum absolute atomic E-state index is 13.9. The monoisotopic (exact) mass is 461 g/mol. The number of anilines is 1. The van der Waals surface area contributed by atoms with Crippen molar-refractivity contribution in [2.45, 2.75) is 52.3 Å². The van der Waals surface area contributed by atoms with E-state index in [0.29, 0.717) is 10.2 Å². The summed E-state index contributed by atoms with van der Waals surface area (Å²) < 4.78 is 33.5. The average Bonchev–Trinajstić information content (AvgIpc) is 3.16. The van der Waals surface area contributed by atoms with Gasteiger partial charge in [-0.25, -0.2) is 9.48 Å². The number of amides is 2. The van der Waals surface area contributed by atoms with E-state index in [2.05, 4.69) is 23.2 Å². The van der Waals surface area contributed by atoms with E-state index < -0.39 is 30.2 Å². The molecule has 0 spiro atoms. The third-order valence-electron chi connectivity index (χ3n) is 4.88. The average molecular weight is 462 g/mol. The van der Waals surface area contributed by atoms with E-state index in [1.165, 1.54) is 35.6 Å². The second-order valence-corrected chi connectivity index (χ2v) is 8.43. The summed E-state index contributed by atoms with van der Waals surface area (Å²) in [6, 6.07) is 1.55. The second-order valence-electron chi connectivity index (χ2n) is 8.43. The van der Waals surface area contributed by atoms with Gasteiger partial charge in [0.1, 0.15) is 6.10 Å². The quantitative estimate of drug-likeness (QED) is 0.529. The lowest BCUT2D eigenvalue weighted by Gasteiger charge is -2.37. The highest BCUT2D eigenvalue weighted by Gasteiger charge is 2.35. The molecule has 0 aliphatic carbocycles. The molecule has 33 heavy (non-hydrogen) atoms. The third-order valence-corrected chi connectivity index (χ3v) is 4.88. The zero-order valence-electron chi connectivity index (χ0n) is 19.2. The van der Waals surface area contributed by atoms with E-state index >= 15 is 0 Å². The fourth-order valence-electron chi connectivity index (χ4n) is 3.37. The maximum Gasteiger partial charge on any atom is 0.405 e. The van der Waals surface area contributed by atoms with Gasteiger partial charge in [-0.15, -0.1) is 13.2 Å². The number of carbonyl (C=O) groups excluding carboxylic acids is 2. The lowest BCUT2D eigenvalue weighted by molar-refractivity contribution is -0.121. The summed E-state index contributed by atoms with van der Waals surface area (Å²) in [6.45, 7) is 11.4. The number of nitrogens with two attached hydrogens (primary N) is 1. The van der Waals surface area contributed by atoms with Crippen molar-refractivity contribution < 1.29 is 23.1 Å². The Kier molecular flexibility index (Phi) is 8.08. The SMILES string of the molecule is C=CC[C@H](OC(N)=O)c1cncc(-c2c(N(C(=O)C(C)C=C)C(C)(C)C)cnn2C(F)F)c1. The predicted octanol–water partition coefficient (Wildman–Crippen LogP) is 5.01. The number of alkyl halides is 2. The summed E-state index contributed by atoms with van der Waals surface area (Å²) in [7, 11) is 0. The number of nitrogens with zero attached hydrogens (tertiary/aromatic N) is 4. The number of hydrogen-bond donors (Lipinski definition) is 1. The Bertz CT molecular complexity index is 1030. The van der Waals surface area contributed by atoms with Crippen LogP contribution in [0.3, 0.4) is 0 Å². The van der Waals surface area contributed by atoms with Gasteiger partial charge in [-0.05, 0) is 26.8 Å². The maximum atomic E-state index is 13.9. The minimum absolute atomic E-state index is 0.00434. The number of hydrogen-bond acceptors (Lipinski definition) is 5. The Balaban J connectivity index is 2.74. The molecule has 0 bridgehead atoms. The van der Waals surface area contributed by atoms with Gasteiger partial charge in [-0.2, -0.15) is 13.9 Å². The van der Waals surface area contributed by atoms with Gasteiger partial charge < -0.3 is 15.4 Å². The minimum atomic E-state index is -2.98. The van der Waals surface area contributed by atoms with E-state index in [1.807, 2.05) is 0 Å². The van der Waals surface area contributed by atoms with Crippen molar-refractivity contribution in [1.29, 1.82) is 0 Å². The fourth-order valence-corrected chi connectivity index (χ4v) is 3.37. The number of primary amides is 1. The summed E-state index contributed by atoms with van der Waals surface area (Å²) in [5.41, 5.74) is 5.27. The summed E-state index contributed by atoms with van der Waals surface area (Å²) in [5, 5.41) is 3.85. The molecule has 2 aromatic rings. The van der Waals surface area contributed by atoms with Gasteiger partial charge in [0.2, 0.25) is 5.91 Å². The van der Waals surface area contributed by atoms with Crippen LogP contribution in [-0.4, -0.2) is 32.3 Å². The smallest absolute Gasteiger partial charge is 0.405 e. The molecule has 2 N–H and O–H groups in total. The normalized spacial score (nSPS) is 13.3. The van der Waals surface area contributed by atoms with E-state index in [9.17, 15) is 18.4 Å². The predicted molar refractivity (Wildman–Crippen MR) is 122 cm³/mol. The van der Waals surface area contributed by atoms with E-state index in [1.54, 1.807) is 33.8 Å². The largest absolute Gasteiger partial charge is 0.441 e. The van der Waals surface area contributed by atoms with Crippen LogP contribution in [0.2, 0.25) is 0 Å². The van der Waals surface area contributed by atoms with Gasteiger partial charge in [0.25, 0.3) is 0 Å². The Hall–Kier alpha value is -3.56. The summed E-state index contributed by atoms with van der Waals surface area (Å²) in [6.07, 6.45) is 5.50. The zero-order chi connectivity index (χ0) is 24.9. The molecule has 0 aromatic carbocycles. The number of ether oxygens (including phenoxy) is 1. The minimum Gasteiger partial charge on any atom is -0.441 e. The molecule has 2 heterocycles. The van der Waals surface area contributed by atoms with Gasteiger partial charge in [0.05, 0.1) is 23.5 Å². The Labute approximate surface area is 191 Å². The Morgan fingerprint density at radius 3 is 2.45 bits per heavy atom. The number of carbonyl (C=O) groups is 2. The molecule has 0 aliphatic rings. The molecule has 0 aliphatic heterocycles. The van der Waals surface area contributed by atoms with Crippen LogP contribution in [0.4, 0.5) is 19.3 Å². The molecule has 0 radical (unpaired) electrons. The van der Waals surface area contributed by atoms with Crippen molar-refractivity contribution in [3.8, 4) is 11.3 Å². The van der Waals surface area contributed by atoms with Crippen LogP contribution in [0.15, 0.2) is 50.0 Å². The van der Waals surface area contributed by atoms with Crippen molar-refractivity contribution in [2.75, 3.05) is 4.90 Å². The topological polar surface area (TPSA) is 103 Å². The van der Waals surface area contributed by atoms with Gasteiger partial charge >= 0.3 is 12.6 Å². The van der Waals surface area contributed by atoms with Crippen LogP contribution in [0.25, 0.3) is 11.3 Å². The van der Waals surface area contributed by atoms with Gasteiger partial charge in [-0.3, -0.25) is 9.78 Å². The number of aromatic nitrogens is 3. The van der Waals surface area contributed by atoms with Crippen LogP contribution < -0.4 is 10.6 Å². The molecule has 0 saturated carbocycles. The van der Waals surface area contributed by atoms with Crippen molar-refractivity contribution in [1.82, 2.24) is 14.8 Å². The standard InChI is InChI=1S/C23H29F2N5O3/c1-7-9-18(33-22(26)32)15-10-16(12-27-11-15)19-17(13-28-30(19)21(24)25)29(23(4,5)6)20(31)14(3)8-2/h7-8,10-14,18,21H,1-2,9H2,3-6H3,(H2,26,32)/t14?,18-/m0/s1. The van der Waals surface area contributed by atoms with Gasteiger partial charge in [-0.1, -0.05) is 19.1 Å². The van der Waals surface area contributed by atoms with E-state index in [-0.39, 0.29) is 29.3 Å². The number of pyridine rings is 1. The lowest BCUT2D eigenvalue weighted by Crippen LogP contribution is -2.48.